The molecular weight excluding hydrogens is 458 g/mol. The summed E-state index contributed by atoms with van der Waals surface area (Å²) in [6.45, 7) is 0. The van der Waals surface area contributed by atoms with Gasteiger partial charge in [-0.15, -0.1) is 4.40 Å². The van der Waals surface area contributed by atoms with Crippen LogP contribution in [0, 0.1) is 22.0 Å². The second kappa shape index (κ2) is 6.94. The van der Waals surface area contributed by atoms with Crippen LogP contribution in [0.2, 0.25) is 0 Å². The lowest BCUT2D eigenvalue weighted by atomic mass is 9.72. The van der Waals surface area contributed by atoms with Gasteiger partial charge in [-0.2, -0.15) is 8.42 Å². The number of carbonyl (C=O) groups excluding carboxylic acids is 2. The Hall–Kier alpha value is -3.63. The predicted molar refractivity (Wildman–Crippen MR) is 114 cm³/mol. The molecule has 2 aliphatic carbocycles. The molecule has 11 heteroatoms. The summed E-state index contributed by atoms with van der Waals surface area (Å²) in [7, 11) is -4.15. The third kappa shape index (κ3) is 2.91. The summed E-state index contributed by atoms with van der Waals surface area (Å²) in [5.74, 6) is -2.32. The first-order valence-electron chi connectivity index (χ1n) is 9.35. The number of halogens is 1. The summed E-state index contributed by atoms with van der Waals surface area (Å²) in [5, 5.41) is 13.9. The molecule has 2 atom stereocenters. The van der Waals surface area contributed by atoms with Crippen LogP contribution in [0.4, 0.5) is 5.69 Å². The molecule has 1 N–H and O–H groups in total. The van der Waals surface area contributed by atoms with Crippen LogP contribution < -0.4 is 5.32 Å². The van der Waals surface area contributed by atoms with Crippen molar-refractivity contribution in [1.82, 2.24) is 5.32 Å². The number of carbonyl (C=O) groups is 2. The van der Waals surface area contributed by atoms with Gasteiger partial charge in [-0.25, -0.2) is 0 Å². The van der Waals surface area contributed by atoms with Gasteiger partial charge in [0.05, 0.1) is 27.5 Å². The Morgan fingerprint density at radius 1 is 1.03 bits per heavy atom. The van der Waals surface area contributed by atoms with Crippen molar-refractivity contribution in [2.45, 2.75) is 4.90 Å². The minimum atomic E-state index is -4.15. The number of nitro groups is 1. The molecule has 32 heavy (non-hydrogen) atoms. The first-order chi connectivity index (χ1) is 15.2. The van der Waals surface area contributed by atoms with Gasteiger partial charge >= 0.3 is 0 Å². The number of hydrogen-bond donors (Lipinski definition) is 1. The second-order valence-electron chi connectivity index (χ2n) is 7.38. The first kappa shape index (κ1) is 20.3. The molecule has 3 aliphatic rings. The summed E-state index contributed by atoms with van der Waals surface area (Å²) in [5.41, 5.74) is 0.593. The number of sulfonamides is 1. The number of nitrogens with zero attached hydrogens (tertiary/aromatic N) is 2. The Kier molecular flexibility index (Phi) is 4.40. The molecule has 160 valence electrons. The normalized spacial score (nSPS) is 22.7. The third-order valence-electron chi connectivity index (χ3n) is 5.58. The standard InChI is InChI=1S/C21H12ClN3O6S/c22-18-15(8-7-14-17(18)20(27)12-4-2-1-3-11(12)19(14)26)23-21-13-6-5-10(25(28)29)9-16(13)32(30,31)24-21/h1-9,14,17H,(H,23,24)/t14-,17-/m0/s1. The van der Waals surface area contributed by atoms with Gasteiger partial charge in [-0.05, 0) is 12.1 Å². The van der Waals surface area contributed by atoms with Crippen LogP contribution in [0.25, 0.3) is 0 Å². The monoisotopic (exact) mass is 469 g/mol. The van der Waals surface area contributed by atoms with E-state index in [9.17, 15) is 28.1 Å². The maximum atomic E-state index is 13.1. The maximum Gasteiger partial charge on any atom is 0.285 e. The number of allylic oxidation sites excluding steroid dienone is 3. The van der Waals surface area contributed by atoms with E-state index in [-0.39, 0.29) is 49.8 Å². The Labute approximate surface area is 186 Å². The molecule has 0 unspecified atom stereocenters. The minimum Gasteiger partial charge on any atom is -0.338 e. The van der Waals surface area contributed by atoms with Crippen molar-refractivity contribution in [3.05, 3.63) is 92.2 Å². The van der Waals surface area contributed by atoms with Crippen molar-refractivity contribution >= 4 is 44.7 Å². The van der Waals surface area contributed by atoms with Gasteiger partial charge in [0.2, 0.25) is 0 Å². The lowest BCUT2D eigenvalue weighted by Gasteiger charge is -2.32. The third-order valence-corrected chi connectivity index (χ3v) is 7.33. The number of nitrogens with one attached hydrogen (secondary N) is 1. The van der Waals surface area contributed by atoms with E-state index < -0.39 is 26.8 Å². The molecular formula is C21H12ClN3O6S. The molecule has 0 fully saturated rings. The number of rotatable bonds is 2. The molecule has 1 heterocycles. The van der Waals surface area contributed by atoms with Gasteiger partial charge in [0.1, 0.15) is 4.90 Å². The van der Waals surface area contributed by atoms with Gasteiger partial charge in [0, 0.05) is 28.8 Å². The van der Waals surface area contributed by atoms with Crippen LogP contribution in [-0.2, 0) is 10.0 Å². The van der Waals surface area contributed by atoms with Crippen LogP contribution in [-0.4, -0.2) is 30.7 Å². The van der Waals surface area contributed by atoms with Crippen molar-refractivity contribution in [1.29, 1.82) is 0 Å². The fraction of sp³-hybridized carbons (Fsp3) is 0.0952. The molecule has 0 radical (unpaired) electrons. The molecule has 9 nitrogen and oxygen atoms in total. The van der Waals surface area contributed by atoms with Crippen LogP contribution >= 0.6 is 11.6 Å². The van der Waals surface area contributed by atoms with Gasteiger partial charge in [-0.1, -0.05) is 41.9 Å². The zero-order chi connectivity index (χ0) is 22.8. The van der Waals surface area contributed by atoms with Crippen molar-refractivity contribution in [2.24, 2.45) is 16.2 Å². The molecule has 5 rings (SSSR count). The van der Waals surface area contributed by atoms with Crippen molar-refractivity contribution in [3.63, 3.8) is 0 Å². The van der Waals surface area contributed by atoms with Gasteiger partial charge in [-0.3, -0.25) is 19.7 Å². The topological polar surface area (TPSA) is 136 Å². The highest BCUT2D eigenvalue weighted by Crippen LogP contribution is 2.41. The number of amidine groups is 1. The average molecular weight is 470 g/mol. The summed E-state index contributed by atoms with van der Waals surface area (Å²) in [6.07, 6.45) is 3.05. The van der Waals surface area contributed by atoms with Gasteiger partial charge in [0.25, 0.3) is 15.7 Å². The molecule has 0 amide bonds. The Morgan fingerprint density at radius 2 is 1.72 bits per heavy atom. The SMILES string of the molecule is O=C1c2ccccc2C(=O)[C@H]2C=CC(NC3=NS(=O)(=O)c4cc([N+](=O)[O-])ccc43)=C(Cl)[C@@H]12. The highest BCUT2D eigenvalue weighted by Gasteiger charge is 2.44. The molecule has 0 saturated carbocycles. The molecule has 0 saturated heterocycles. The first-order valence-corrected chi connectivity index (χ1v) is 11.2. The predicted octanol–water partition coefficient (Wildman–Crippen LogP) is 2.97. The van der Waals surface area contributed by atoms with Gasteiger partial charge in [0.15, 0.2) is 17.4 Å². The number of fused-ring (bicyclic) bond motifs is 3. The smallest absolute Gasteiger partial charge is 0.285 e. The van der Waals surface area contributed by atoms with E-state index in [0.717, 1.165) is 6.07 Å². The van der Waals surface area contributed by atoms with Crippen LogP contribution in [0.5, 0.6) is 0 Å². The van der Waals surface area contributed by atoms with E-state index in [1.54, 1.807) is 30.3 Å². The van der Waals surface area contributed by atoms with Crippen molar-refractivity contribution in [3.8, 4) is 0 Å². The van der Waals surface area contributed by atoms with E-state index >= 15 is 0 Å². The molecule has 0 bridgehead atoms. The number of Topliss-reactive ketones (excluding diaryl/α,β-unsaturated/α-hetero) is 2. The van der Waals surface area contributed by atoms with Crippen LogP contribution in [0.3, 0.4) is 0 Å². The average Bonchev–Trinajstić information content (AvgIpc) is 3.02. The Balaban J connectivity index is 1.54. The second-order valence-corrected chi connectivity index (χ2v) is 9.36. The largest absolute Gasteiger partial charge is 0.338 e. The fourth-order valence-electron chi connectivity index (χ4n) is 4.06. The van der Waals surface area contributed by atoms with E-state index in [1.807, 2.05) is 0 Å². The lowest BCUT2D eigenvalue weighted by Crippen LogP contribution is -2.39. The number of ketones is 2. The lowest BCUT2D eigenvalue weighted by molar-refractivity contribution is -0.385. The highest BCUT2D eigenvalue weighted by molar-refractivity contribution is 7.90. The minimum absolute atomic E-state index is 0.0563. The fourth-order valence-corrected chi connectivity index (χ4v) is 5.60. The number of non-ortho nitro benzene ring substituents is 1. The Bertz CT molecular complexity index is 1460. The van der Waals surface area contributed by atoms with Crippen molar-refractivity contribution < 1.29 is 22.9 Å². The number of nitro benzene ring substituents is 1. The highest BCUT2D eigenvalue weighted by atomic mass is 35.5. The molecule has 2 aromatic rings. The molecule has 0 spiro atoms. The van der Waals surface area contributed by atoms with Crippen LogP contribution in [0.1, 0.15) is 26.3 Å². The maximum absolute atomic E-state index is 13.1. The zero-order valence-electron chi connectivity index (χ0n) is 16.0. The van der Waals surface area contributed by atoms with E-state index in [0.29, 0.717) is 5.56 Å². The zero-order valence-corrected chi connectivity index (χ0v) is 17.6. The summed E-state index contributed by atoms with van der Waals surface area (Å²) in [4.78, 5) is 35.9. The van der Waals surface area contributed by atoms with E-state index in [2.05, 4.69) is 9.71 Å². The molecule has 0 aromatic heterocycles. The number of hydrogen-bond acceptors (Lipinski definition) is 7. The molecule has 2 aromatic carbocycles. The quantitative estimate of drug-likeness (QED) is 0.527. The van der Waals surface area contributed by atoms with Crippen LogP contribution in [0.15, 0.2) is 74.6 Å². The summed E-state index contributed by atoms with van der Waals surface area (Å²) < 4.78 is 28.5. The summed E-state index contributed by atoms with van der Waals surface area (Å²) >= 11 is 6.53. The van der Waals surface area contributed by atoms with Gasteiger partial charge < -0.3 is 5.32 Å². The van der Waals surface area contributed by atoms with E-state index in [1.165, 1.54) is 18.2 Å². The summed E-state index contributed by atoms with van der Waals surface area (Å²) in [6, 6.07) is 9.89. The number of benzene rings is 2. The van der Waals surface area contributed by atoms with Crippen molar-refractivity contribution in [2.75, 3.05) is 0 Å². The molecule has 1 aliphatic heterocycles. The Morgan fingerprint density at radius 3 is 2.41 bits per heavy atom. The van der Waals surface area contributed by atoms with E-state index in [4.69, 9.17) is 11.6 Å².